The number of benzene rings is 2. The van der Waals surface area contributed by atoms with Crippen molar-refractivity contribution in [1.82, 2.24) is 0 Å². The van der Waals surface area contributed by atoms with Crippen LogP contribution in [0.1, 0.15) is 38.2 Å². The van der Waals surface area contributed by atoms with Crippen molar-refractivity contribution in [3.8, 4) is 17.6 Å². The highest BCUT2D eigenvalue weighted by Crippen LogP contribution is 2.30. The number of ether oxygens (including phenoxy) is 2. The summed E-state index contributed by atoms with van der Waals surface area (Å²) in [5.41, 5.74) is 1.03. The van der Waals surface area contributed by atoms with Crippen LogP contribution in [0, 0.1) is 11.3 Å². The number of unbranched alkanes of at least 4 members (excludes halogenated alkanes) is 3. The molecule has 2 aromatic carbocycles. The molecule has 0 aromatic heterocycles. The second-order valence-electron chi connectivity index (χ2n) is 6.57. The van der Waals surface area contributed by atoms with E-state index >= 15 is 0 Å². The predicted molar refractivity (Wildman–Crippen MR) is 124 cm³/mol. The van der Waals surface area contributed by atoms with Crippen molar-refractivity contribution in [1.29, 1.82) is 5.26 Å². The Morgan fingerprint density at radius 2 is 2.00 bits per heavy atom. The summed E-state index contributed by atoms with van der Waals surface area (Å²) in [6.45, 7) is 2.78. The molecule has 2 rings (SSSR count). The van der Waals surface area contributed by atoms with Gasteiger partial charge in [-0.2, -0.15) is 5.26 Å². The lowest BCUT2D eigenvalue weighted by atomic mass is 10.1. The standard InChI is InChI=1S/C23H24BrClN2O3/c1-3-4-5-6-11-30-21-10-7-16(13-22(21)29-2)12-17(15-26)23(28)27-20-9-8-18(24)14-19(20)25/h7-10,12-14H,3-6,11H2,1-2H3,(H,27,28)/b17-12+. The first-order valence-corrected chi connectivity index (χ1v) is 10.8. The number of halogens is 2. The molecule has 30 heavy (non-hydrogen) atoms. The van der Waals surface area contributed by atoms with Crippen LogP contribution in [-0.4, -0.2) is 19.6 Å². The summed E-state index contributed by atoms with van der Waals surface area (Å²) in [7, 11) is 1.56. The number of hydrogen-bond donors (Lipinski definition) is 1. The Morgan fingerprint density at radius 1 is 1.20 bits per heavy atom. The summed E-state index contributed by atoms with van der Waals surface area (Å²) in [6.07, 6.45) is 5.97. The molecular formula is C23H24BrClN2O3. The van der Waals surface area contributed by atoms with Crippen LogP contribution >= 0.6 is 27.5 Å². The lowest BCUT2D eigenvalue weighted by Gasteiger charge is -2.11. The van der Waals surface area contributed by atoms with Gasteiger partial charge in [0.2, 0.25) is 0 Å². The van der Waals surface area contributed by atoms with Crippen LogP contribution in [0.3, 0.4) is 0 Å². The largest absolute Gasteiger partial charge is 0.493 e. The number of nitrogens with one attached hydrogen (secondary N) is 1. The highest BCUT2D eigenvalue weighted by Gasteiger charge is 2.13. The van der Waals surface area contributed by atoms with E-state index in [1.54, 1.807) is 43.5 Å². The second-order valence-corrected chi connectivity index (χ2v) is 7.89. The summed E-state index contributed by atoms with van der Waals surface area (Å²) in [4.78, 5) is 12.5. The van der Waals surface area contributed by atoms with Crippen molar-refractivity contribution in [2.75, 3.05) is 19.0 Å². The minimum absolute atomic E-state index is 0.0516. The number of carbonyl (C=O) groups excluding carboxylic acids is 1. The molecular weight excluding hydrogens is 468 g/mol. The van der Waals surface area contributed by atoms with Gasteiger partial charge < -0.3 is 14.8 Å². The number of hydrogen-bond acceptors (Lipinski definition) is 4. The van der Waals surface area contributed by atoms with E-state index in [1.165, 1.54) is 18.9 Å². The topological polar surface area (TPSA) is 71.3 Å². The van der Waals surface area contributed by atoms with Crippen molar-refractivity contribution in [3.63, 3.8) is 0 Å². The SMILES string of the molecule is CCCCCCOc1ccc(/C=C(\C#N)C(=O)Nc2ccc(Br)cc2Cl)cc1OC. The zero-order chi connectivity index (χ0) is 21.9. The molecule has 158 valence electrons. The zero-order valence-electron chi connectivity index (χ0n) is 17.0. The van der Waals surface area contributed by atoms with Crippen LogP contribution < -0.4 is 14.8 Å². The van der Waals surface area contributed by atoms with E-state index in [0.717, 1.165) is 17.3 Å². The lowest BCUT2D eigenvalue weighted by molar-refractivity contribution is -0.112. The Bertz CT molecular complexity index is 954. The molecule has 7 heteroatoms. The van der Waals surface area contributed by atoms with E-state index in [4.69, 9.17) is 21.1 Å². The van der Waals surface area contributed by atoms with Gasteiger partial charge in [0.25, 0.3) is 5.91 Å². The zero-order valence-corrected chi connectivity index (χ0v) is 19.3. The van der Waals surface area contributed by atoms with Crippen molar-refractivity contribution in [3.05, 3.63) is 57.0 Å². The molecule has 0 spiro atoms. The van der Waals surface area contributed by atoms with Gasteiger partial charge in [-0.15, -0.1) is 0 Å². The van der Waals surface area contributed by atoms with Gasteiger partial charge in [0, 0.05) is 4.47 Å². The molecule has 2 aromatic rings. The number of amides is 1. The summed E-state index contributed by atoms with van der Waals surface area (Å²) >= 11 is 9.44. The Morgan fingerprint density at radius 3 is 2.67 bits per heavy atom. The maximum atomic E-state index is 12.5. The van der Waals surface area contributed by atoms with Crippen LogP contribution in [0.15, 0.2) is 46.4 Å². The molecule has 1 amide bonds. The van der Waals surface area contributed by atoms with E-state index in [2.05, 4.69) is 28.2 Å². The number of nitrogens with zero attached hydrogens (tertiary/aromatic N) is 1. The molecule has 0 atom stereocenters. The average molecular weight is 492 g/mol. The van der Waals surface area contributed by atoms with E-state index < -0.39 is 5.91 Å². The predicted octanol–water partition coefficient (Wildman–Crippen LogP) is 6.62. The van der Waals surface area contributed by atoms with Crippen LogP contribution in [-0.2, 0) is 4.79 Å². The third-order valence-electron chi connectivity index (χ3n) is 4.30. The van der Waals surface area contributed by atoms with Gasteiger partial charge in [-0.05, 0) is 48.4 Å². The van der Waals surface area contributed by atoms with Crippen molar-refractivity contribution in [2.24, 2.45) is 0 Å². The fourth-order valence-electron chi connectivity index (χ4n) is 2.70. The summed E-state index contributed by atoms with van der Waals surface area (Å²) in [5.74, 6) is 0.639. The molecule has 0 fully saturated rings. The number of anilines is 1. The van der Waals surface area contributed by atoms with E-state index in [9.17, 15) is 10.1 Å². The van der Waals surface area contributed by atoms with Crippen LogP contribution in [0.25, 0.3) is 6.08 Å². The van der Waals surface area contributed by atoms with Crippen LogP contribution in [0.4, 0.5) is 5.69 Å². The number of rotatable bonds is 10. The highest BCUT2D eigenvalue weighted by atomic mass is 79.9. The van der Waals surface area contributed by atoms with Gasteiger partial charge in [0.15, 0.2) is 11.5 Å². The Kier molecular flexibility index (Phi) is 9.72. The highest BCUT2D eigenvalue weighted by molar-refractivity contribution is 9.10. The molecule has 0 bridgehead atoms. The van der Waals surface area contributed by atoms with Crippen LogP contribution in [0.2, 0.25) is 5.02 Å². The Labute approximate surface area is 190 Å². The molecule has 0 saturated carbocycles. The van der Waals surface area contributed by atoms with Gasteiger partial charge in [0.1, 0.15) is 11.6 Å². The molecule has 0 heterocycles. The van der Waals surface area contributed by atoms with Crippen molar-refractivity contribution >= 4 is 45.2 Å². The molecule has 0 aliphatic rings. The van der Waals surface area contributed by atoms with E-state index in [1.807, 2.05) is 6.07 Å². The number of methoxy groups -OCH3 is 1. The van der Waals surface area contributed by atoms with Gasteiger partial charge >= 0.3 is 0 Å². The quantitative estimate of drug-likeness (QED) is 0.230. The second kappa shape index (κ2) is 12.3. The fourth-order valence-corrected chi connectivity index (χ4v) is 3.42. The van der Waals surface area contributed by atoms with Crippen LogP contribution in [0.5, 0.6) is 11.5 Å². The average Bonchev–Trinajstić information content (AvgIpc) is 2.74. The minimum Gasteiger partial charge on any atom is -0.493 e. The summed E-state index contributed by atoms with van der Waals surface area (Å²) in [5, 5.41) is 12.5. The maximum absolute atomic E-state index is 12.5. The molecule has 0 aliphatic carbocycles. The molecule has 0 unspecified atom stereocenters. The Balaban J connectivity index is 2.12. The van der Waals surface area contributed by atoms with Crippen molar-refractivity contribution in [2.45, 2.75) is 32.6 Å². The van der Waals surface area contributed by atoms with Gasteiger partial charge in [-0.1, -0.05) is 59.8 Å². The van der Waals surface area contributed by atoms with Gasteiger partial charge in [0.05, 0.1) is 24.4 Å². The third-order valence-corrected chi connectivity index (χ3v) is 5.10. The van der Waals surface area contributed by atoms with Gasteiger partial charge in [-0.3, -0.25) is 4.79 Å². The summed E-state index contributed by atoms with van der Waals surface area (Å²) < 4.78 is 12.0. The molecule has 0 saturated heterocycles. The number of carbonyl (C=O) groups is 1. The van der Waals surface area contributed by atoms with Gasteiger partial charge in [-0.25, -0.2) is 0 Å². The normalized spacial score (nSPS) is 11.0. The first-order valence-electron chi connectivity index (χ1n) is 9.67. The molecule has 0 aliphatic heterocycles. The van der Waals surface area contributed by atoms with Crippen molar-refractivity contribution < 1.29 is 14.3 Å². The first kappa shape index (κ1) is 23.8. The van der Waals surface area contributed by atoms with E-state index in [0.29, 0.717) is 34.4 Å². The lowest BCUT2D eigenvalue weighted by Crippen LogP contribution is -2.13. The molecule has 0 radical (unpaired) electrons. The monoisotopic (exact) mass is 490 g/mol. The first-order chi connectivity index (χ1) is 14.5. The molecule has 1 N–H and O–H groups in total. The third kappa shape index (κ3) is 7.08. The summed E-state index contributed by atoms with van der Waals surface area (Å²) in [6, 6.07) is 12.3. The Hall–Kier alpha value is -2.49. The fraction of sp³-hybridized carbons (Fsp3) is 0.304. The van der Waals surface area contributed by atoms with E-state index in [-0.39, 0.29) is 5.57 Å². The maximum Gasteiger partial charge on any atom is 0.266 e. The smallest absolute Gasteiger partial charge is 0.266 e. The minimum atomic E-state index is -0.545. The number of nitriles is 1. The molecule has 5 nitrogen and oxygen atoms in total.